The Hall–Kier alpha value is -2.34. The maximum atomic E-state index is 8.62. The van der Waals surface area contributed by atoms with Crippen LogP contribution in [0, 0.1) is 13.8 Å². The van der Waals surface area contributed by atoms with Gasteiger partial charge in [0.2, 0.25) is 0 Å². The monoisotopic (exact) mass is 287 g/mol. The van der Waals surface area contributed by atoms with Crippen LogP contribution in [0.4, 0.5) is 0 Å². The minimum absolute atomic E-state index is 0.121. The highest BCUT2D eigenvalue weighted by Gasteiger charge is 2.08. The molecule has 6 heteroatoms. The number of benzene rings is 1. The number of aryl methyl sites for hydroxylation is 2. The van der Waals surface area contributed by atoms with Gasteiger partial charge in [0.1, 0.15) is 0 Å². The zero-order valence-electron chi connectivity index (χ0n) is 12.6. The molecule has 1 aromatic carbocycles. The van der Waals surface area contributed by atoms with E-state index in [9.17, 15) is 0 Å². The maximum absolute atomic E-state index is 8.62. The number of aromatic nitrogens is 2. The Morgan fingerprint density at radius 2 is 1.95 bits per heavy atom. The minimum Gasteiger partial charge on any atom is -0.409 e. The van der Waals surface area contributed by atoms with E-state index in [0.29, 0.717) is 5.56 Å². The minimum atomic E-state index is 0.121. The zero-order valence-corrected chi connectivity index (χ0v) is 12.6. The molecule has 0 spiro atoms. The van der Waals surface area contributed by atoms with Gasteiger partial charge in [-0.15, -0.1) is 0 Å². The number of hydrogen-bond donors (Lipinski definition) is 3. The fourth-order valence-corrected chi connectivity index (χ4v) is 2.26. The Labute approximate surface area is 124 Å². The second kappa shape index (κ2) is 6.41. The van der Waals surface area contributed by atoms with Crippen molar-refractivity contribution in [3.8, 4) is 0 Å². The fourth-order valence-electron chi connectivity index (χ4n) is 2.26. The van der Waals surface area contributed by atoms with Crippen molar-refractivity contribution in [3.63, 3.8) is 0 Å². The van der Waals surface area contributed by atoms with Crippen LogP contribution in [0.15, 0.2) is 29.4 Å². The summed E-state index contributed by atoms with van der Waals surface area (Å²) in [6.45, 7) is 5.64. The van der Waals surface area contributed by atoms with Crippen molar-refractivity contribution in [1.29, 1.82) is 0 Å². The van der Waals surface area contributed by atoms with Gasteiger partial charge < -0.3 is 16.3 Å². The molecule has 1 heterocycles. The van der Waals surface area contributed by atoms with E-state index in [1.54, 1.807) is 0 Å². The molecule has 2 rings (SSSR count). The number of nitrogens with two attached hydrogens (primary N) is 1. The summed E-state index contributed by atoms with van der Waals surface area (Å²) >= 11 is 0. The Morgan fingerprint density at radius 3 is 2.48 bits per heavy atom. The molecule has 0 aliphatic heterocycles. The highest BCUT2D eigenvalue weighted by Crippen LogP contribution is 2.11. The largest absolute Gasteiger partial charge is 0.409 e. The van der Waals surface area contributed by atoms with Crippen molar-refractivity contribution in [1.82, 2.24) is 15.1 Å². The van der Waals surface area contributed by atoms with E-state index < -0.39 is 0 Å². The van der Waals surface area contributed by atoms with E-state index in [1.807, 2.05) is 42.9 Å². The maximum Gasteiger partial charge on any atom is 0.170 e. The third-order valence-corrected chi connectivity index (χ3v) is 3.65. The second-order valence-corrected chi connectivity index (χ2v) is 5.06. The highest BCUT2D eigenvalue weighted by atomic mass is 16.4. The third-order valence-electron chi connectivity index (χ3n) is 3.65. The van der Waals surface area contributed by atoms with Crippen molar-refractivity contribution in [2.45, 2.75) is 26.9 Å². The molecule has 0 amide bonds. The molecule has 0 saturated heterocycles. The van der Waals surface area contributed by atoms with E-state index in [1.165, 1.54) is 11.3 Å². The van der Waals surface area contributed by atoms with Gasteiger partial charge in [0, 0.05) is 37.0 Å². The molecule has 21 heavy (non-hydrogen) atoms. The van der Waals surface area contributed by atoms with Crippen molar-refractivity contribution >= 4 is 5.84 Å². The van der Waals surface area contributed by atoms with E-state index in [4.69, 9.17) is 10.9 Å². The molecule has 2 aromatic rings. The molecule has 0 atom stereocenters. The average Bonchev–Trinajstić information content (AvgIpc) is 2.73. The molecule has 0 saturated carbocycles. The van der Waals surface area contributed by atoms with Crippen molar-refractivity contribution in [3.05, 3.63) is 52.3 Å². The van der Waals surface area contributed by atoms with Crippen molar-refractivity contribution in [2.24, 2.45) is 17.9 Å². The lowest BCUT2D eigenvalue weighted by atomic mass is 10.1. The molecule has 6 nitrogen and oxygen atoms in total. The number of amidine groups is 1. The topological polar surface area (TPSA) is 88.5 Å². The quantitative estimate of drug-likeness (QED) is 0.336. The molecule has 0 fully saturated rings. The molecular formula is C15H21N5O. The normalized spacial score (nSPS) is 11.9. The van der Waals surface area contributed by atoms with Crippen molar-refractivity contribution in [2.75, 3.05) is 0 Å². The Balaban J connectivity index is 1.94. The van der Waals surface area contributed by atoms with Crippen LogP contribution in [0.3, 0.4) is 0 Å². The second-order valence-electron chi connectivity index (χ2n) is 5.06. The van der Waals surface area contributed by atoms with Crippen LogP contribution in [0.5, 0.6) is 0 Å². The first kappa shape index (κ1) is 15.1. The fraction of sp³-hybridized carbons (Fsp3) is 0.333. The Bertz CT molecular complexity index is 643. The van der Waals surface area contributed by atoms with E-state index in [0.717, 1.165) is 24.3 Å². The first-order chi connectivity index (χ1) is 10.0. The molecule has 0 bridgehead atoms. The molecule has 0 unspecified atom stereocenters. The van der Waals surface area contributed by atoms with Crippen LogP contribution in [-0.2, 0) is 20.1 Å². The molecule has 4 N–H and O–H groups in total. The third kappa shape index (κ3) is 3.41. The summed E-state index contributed by atoms with van der Waals surface area (Å²) in [6.07, 6.45) is 0. The summed E-state index contributed by atoms with van der Waals surface area (Å²) in [5, 5.41) is 19.4. The predicted molar refractivity (Wildman–Crippen MR) is 82.2 cm³/mol. The molecule has 1 aromatic heterocycles. The van der Waals surface area contributed by atoms with Gasteiger partial charge in [0.15, 0.2) is 5.84 Å². The average molecular weight is 287 g/mol. The number of hydrogen-bond acceptors (Lipinski definition) is 4. The lowest BCUT2D eigenvalue weighted by Gasteiger charge is -2.06. The van der Waals surface area contributed by atoms with E-state index in [2.05, 4.69) is 22.5 Å². The number of nitrogens with one attached hydrogen (secondary N) is 1. The van der Waals surface area contributed by atoms with Gasteiger partial charge in [0.25, 0.3) is 0 Å². The van der Waals surface area contributed by atoms with Crippen molar-refractivity contribution < 1.29 is 5.21 Å². The van der Waals surface area contributed by atoms with Crippen LogP contribution in [0.2, 0.25) is 0 Å². The SMILES string of the molecule is Cc1nn(C)c(C)c1CNCc1ccc(C(N)=NO)cc1. The summed E-state index contributed by atoms with van der Waals surface area (Å²) in [5.41, 5.74) is 10.9. The lowest BCUT2D eigenvalue weighted by molar-refractivity contribution is 0.318. The van der Waals surface area contributed by atoms with Gasteiger partial charge >= 0.3 is 0 Å². The molecule has 112 valence electrons. The summed E-state index contributed by atoms with van der Waals surface area (Å²) < 4.78 is 1.90. The molecular weight excluding hydrogens is 266 g/mol. The zero-order chi connectivity index (χ0) is 15.4. The van der Waals surface area contributed by atoms with Crippen LogP contribution in [0.1, 0.15) is 28.1 Å². The molecule has 0 aliphatic carbocycles. The van der Waals surface area contributed by atoms with Crippen LogP contribution in [-0.4, -0.2) is 20.8 Å². The van der Waals surface area contributed by atoms with Gasteiger partial charge in [-0.2, -0.15) is 5.10 Å². The number of nitrogens with zero attached hydrogens (tertiary/aromatic N) is 3. The van der Waals surface area contributed by atoms with Gasteiger partial charge in [0.05, 0.1) is 5.69 Å². The number of oxime groups is 1. The molecule has 0 aliphatic rings. The van der Waals surface area contributed by atoms with Gasteiger partial charge in [-0.1, -0.05) is 29.4 Å². The number of rotatable bonds is 5. The first-order valence-electron chi connectivity index (χ1n) is 6.79. The highest BCUT2D eigenvalue weighted by molar-refractivity contribution is 5.96. The lowest BCUT2D eigenvalue weighted by Crippen LogP contribution is -2.15. The Morgan fingerprint density at radius 1 is 1.29 bits per heavy atom. The smallest absolute Gasteiger partial charge is 0.170 e. The van der Waals surface area contributed by atoms with Gasteiger partial charge in [-0.25, -0.2) is 0 Å². The summed E-state index contributed by atoms with van der Waals surface area (Å²) in [4.78, 5) is 0. The summed E-state index contributed by atoms with van der Waals surface area (Å²) in [6, 6.07) is 7.60. The predicted octanol–water partition coefficient (Wildman–Crippen LogP) is 1.42. The van der Waals surface area contributed by atoms with Crippen LogP contribution in [0.25, 0.3) is 0 Å². The first-order valence-corrected chi connectivity index (χ1v) is 6.79. The summed E-state index contributed by atoms with van der Waals surface area (Å²) in [5.74, 6) is 0.121. The van der Waals surface area contributed by atoms with Crippen LogP contribution >= 0.6 is 0 Å². The van der Waals surface area contributed by atoms with Crippen LogP contribution < -0.4 is 11.1 Å². The summed E-state index contributed by atoms with van der Waals surface area (Å²) in [7, 11) is 1.96. The Kier molecular flexibility index (Phi) is 4.59. The standard InChI is InChI=1S/C15H21N5O/c1-10-14(11(2)20(3)18-10)9-17-8-12-4-6-13(7-5-12)15(16)19-21/h4-7,17,21H,8-9H2,1-3H3,(H2,16,19). The van der Waals surface area contributed by atoms with Gasteiger partial charge in [-0.05, 0) is 19.4 Å². The van der Waals surface area contributed by atoms with E-state index >= 15 is 0 Å². The van der Waals surface area contributed by atoms with Gasteiger partial charge in [-0.3, -0.25) is 4.68 Å². The molecule has 0 radical (unpaired) electrons. The van der Waals surface area contributed by atoms with E-state index in [-0.39, 0.29) is 5.84 Å².